The minimum absolute atomic E-state index is 0.0304. The van der Waals surface area contributed by atoms with Crippen molar-refractivity contribution < 1.29 is 9.53 Å². The van der Waals surface area contributed by atoms with E-state index in [9.17, 15) is 4.79 Å². The van der Waals surface area contributed by atoms with Gasteiger partial charge in [-0.2, -0.15) is 0 Å². The Kier molecular flexibility index (Phi) is 4.85. The summed E-state index contributed by atoms with van der Waals surface area (Å²) in [6.07, 6.45) is 6.44. The summed E-state index contributed by atoms with van der Waals surface area (Å²) < 4.78 is 7.59. The second-order valence-electron chi connectivity index (χ2n) is 6.78. The van der Waals surface area contributed by atoms with E-state index in [1.807, 2.05) is 33.7 Å². The fraction of sp³-hybridized carbons (Fsp3) is 0.556. The number of ether oxygens (including phenoxy) is 1. The molecule has 0 bridgehead atoms. The molecule has 2 saturated heterocycles. The summed E-state index contributed by atoms with van der Waals surface area (Å²) in [4.78, 5) is 21.2. The monoisotopic (exact) mass is 343 g/mol. The summed E-state index contributed by atoms with van der Waals surface area (Å²) in [5.74, 6) is 0. The van der Waals surface area contributed by atoms with Gasteiger partial charge in [0.05, 0.1) is 11.8 Å². The Balaban J connectivity index is 1.24. The average molecular weight is 343 g/mol. The molecule has 0 unspecified atom stereocenters. The molecule has 25 heavy (non-hydrogen) atoms. The van der Waals surface area contributed by atoms with Crippen molar-refractivity contribution in [3.63, 3.8) is 0 Å². The lowest BCUT2D eigenvalue weighted by molar-refractivity contribution is 0.103. The topological polar surface area (TPSA) is 62.1 Å². The summed E-state index contributed by atoms with van der Waals surface area (Å²) >= 11 is 0. The lowest BCUT2D eigenvalue weighted by atomic mass is 10.2. The highest BCUT2D eigenvalue weighted by Crippen LogP contribution is 2.12. The molecule has 7 nitrogen and oxygen atoms in total. The number of amides is 2. The molecule has 0 aromatic carbocycles. The van der Waals surface area contributed by atoms with E-state index in [4.69, 9.17) is 4.74 Å². The molecule has 2 aliphatic rings. The molecule has 0 aliphatic carbocycles. The van der Waals surface area contributed by atoms with Crippen LogP contribution in [-0.2, 0) is 11.3 Å². The van der Waals surface area contributed by atoms with E-state index >= 15 is 0 Å². The van der Waals surface area contributed by atoms with Crippen LogP contribution in [0.25, 0.3) is 5.65 Å². The zero-order valence-electron chi connectivity index (χ0n) is 14.4. The van der Waals surface area contributed by atoms with Gasteiger partial charge in [-0.25, -0.2) is 9.78 Å². The molecule has 0 spiro atoms. The number of nitrogens with one attached hydrogen (secondary N) is 1. The van der Waals surface area contributed by atoms with Gasteiger partial charge in [-0.1, -0.05) is 6.07 Å². The Bertz CT molecular complexity index is 684. The third kappa shape index (κ3) is 3.93. The number of aromatic nitrogens is 2. The minimum Gasteiger partial charge on any atom is -0.376 e. The van der Waals surface area contributed by atoms with Crippen molar-refractivity contribution in [2.24, 2.45) is 0 Å². The third-order valence-electron chi connectivity index (χ3n) is 4.96. The Hall–Kier alpha value is -2.12. The van der Waals surface area contributed by atoms with Crippen LogP contribution in [0.1, 0.15) is 18.5 Å². The first kappa shape index (κ1) is 16.4. The number of piperazine rings is 1. The molecule has 2 aromatic heterocycles. The van der Waals surface area contributed by atoms with Crippen LogP contribution in [0.15, 0.2) is 30.6 Å². The maximum absolute atomic E-state index is 12.3. The van der Waals surface area contributed by atoms with Gasteiger partial charge < -0.3 is 19.4 Å². The number of pyridine rings is 1. The van der Waals surface area contributed by atoms with Crippen molar-refractivity contribution in [2.75, 3.05) is 39.3 Å². The first-order valence-electron chi connectivity index (χ1n) is 9.07. The second kappa shape index (κ2) is 7.41. The Morgan fingerprint density at radius 2 is 2.16 bits per heavy atom. The third-order valence-corrected chi connectivity index (χ3v) is 4.96. The standard InChI is InChI=1S/C18H25N5O2/c24-18(19-12-16-4-3-11-25-16)22-9-7-21(8-10-22)13-15-14-23-6-2-1-5-17(23)20-15/h1-2,5-6,14,16H,3-4,7-13H2,(H,19,24)/t16-/m0/s1. The maximum Gasteiger partial charge on any atom is 0.317 e. The minimum atomic E-state index is 0.0304. The molecule has 2 amide bonds. The zero-order valence-corrected chi connectivity index (χ0v) is 14.4. The Labute approximate surface area is 147 Å². The maximum atomic E-state index is 12.3. The zero-order chi connectivity index (χ0) is 17.1. The van der Waals surface area contributed by atoms with Crippen LogP contribution in [0.4, 0.5) is 4.79 Å². The predicted octanol–water partition coefficient (Wildman–Crippen LogP) is 1.34. The van der Waals surface area contributed by atoms with Gasteiger partial charge in [-0.15, -0.1) is 0 Å². The molecule has 2 aliphatic heterocycles. The van der Waals surface area contributed by atoms with E-state index < -0.39 is 0 Å². The summed E-state index contributed by atoms with van der Waals surface area (Å²) in [6, 6.07) is 6.05. The lowest BCUT2D eigenvalue weighted by Gasteiger charge is -2.34. The first-order valence-corrected chi connectivity index (χ1v) is 9.07. The quantitative estimate of drug-likeness (QED) is 0.910. The van der Waals surface area contributed by atoms with Gasteiger partial charge in [0.15, 0.2) is 0 Å². The molecule has 0 radical (unpaired) electrons. The highest BCUT2D eigenvalue weighted by atomic mass is 16.5. The van der Waals surface area contributed by atoms with Crippen LogP contribution in [0, 0.1) is 0 Å². The van der Waals surface area contributed by atoms with Crippen molar-refractivity contribution in [1.29, 1.82) is 0 Å². The number of carbonyl (C=O) groups excluding carboxylic acids is 1. The molecule has 7 heteroatoms. The number of nitrogens with zero attached hydrogens (tertiary/aromatic N) is 4. The largest absolute Gasteiger partial charge is 0.376 e. The van der Waals surface area contributed by atoms with E-state index in [0.29, 0.717) is 6.54 Å². The van der Waals surface area contributed by atoms with Crippen molar-refractivity contribution >= 4 is 11.7 Å². The van der Waals surface area contributed by atoms with E-state index in [0.717, 1.165) is 63.5 Å². The highest BCUT2D eigenvalue weighted by Gasteiger charge is 2.23. The molecule has 134 valence electrons. The fourth-order valence-electron chi connectivity index (χ4n) is 3.52. The molecule has 4 heterocycles. The van der Waals surface area contributed by atoms with Crippen LogP contribution in [0.5, 0.6) is 0 Å². The molecular weight excluding hydrogens is 318 g/mol. The van der Waals surface area contributed by atoms with Gasteiger partial charge in [0.2, 0.25) is 0 Å². The molecule has 4 rings (SSSR count). The average Bonchev–Trinajstić information content (AvgIpc) is 3.29. The van der Waals surface area contributed by atoms with Crippen LogP contribution >= 0.6 is 0 Å². The van der Waals surface area contributed by atoms with E-state index in [-0.39, 0.29) is 12.1 Å². The van der Waals surface area contributed by atoms with Gasteiger partial charge in [0.25, 0.3) is 0 Å². The van der Waals surface area contributed by atoms with Gasteiger partial charge >= 0.3 is 6.03 Å². The van der Waals surface area contributed by atoms with Crippen LogP contribution in [0.2, 0.25) is 0 Å². The summed E-state index contributed by atoms with van der Waals surface area (Å²) in [5.41, 5.74) is 2.05. The van der Waals surface area contributed by atoms with Gasteiger partial charge in [-0.3, -0.25) is 4.90 Å². The second-order valence-corrected chi connectivity index (χ2v) is 6.78. The Morgan fingerprint density at radius 1 is 1.28 bits per heavy atom. The van der Waals surface area contributed by atoms with Crippen molar-refractivity contribution in [3.8, 4) is 0 Å². The SMILES string of the molecule is O=C(NC[C@@H]1CCCO1)N1CCN(Cc2cn3ccccc3n2)CC1. The number of fused-ring (bicyclic) bond motifs is 1. The molecule has 1 N–H and O–H groups in total. The number of imidazole rings is 1. The number of rotatable bonds is 4. The predicted molar refractivity (Wildman–Crippen MR) is 94.4 cm³/mol. The lowest BCUT2D eigenvalue weighted by Crippen LogP contribution is -2.52. The van der Waals surface area contributed by atoms with E-state index in [1.165, 1.54) is 0 Å². The normalized spacial score (nSPS) is 21.8. The smallest absolute Gasteiger partial charge is 0.317 e. The van der Waals surface area contributed by atoms with Gasteiger partial charge in [0.1, 0.15) is 5.65 Å². The molecule has 2 fully saturated rings. The number of hydrogen-bond donors (Lipinski definition) is 1. The van der Waals surface area contributed by atoms with E-state index in [2.05, 4.69) is 21.4 Å². The summed E-state index contributed by atoms with van der Waals surface area (Å²) in [7, 11) is 0. The number of hydrogen-bond acceptors (Lipinski definition) is 4. The Morgan fingerprint density at radius 3 is 2.92 bits per heavy atom. The number of urea groups is 1. The molecule has 1 atom stereocenters. The van der Waals surface area contributed by atoms with Crippen molar-refractivity contribution in [3.05, 3.63) is 36.3 Å². The highest BCUT2D eigenvalue weighted by molar-refractivity contribution is 5.74. The fourth-order valence-corrected chi connectivity index (χ4v) is 3.52. The van der Waals surface area contributed by atoms with Gasteiger partial charge in [0, 0.05) is 58.3 Å². The van der Waals surface area contributed by atoms with Crippen molar-refractivity contribution in [2.45, 2.75) is 25.5 Å². The van der Waals surface area contributed by atoms with Crippen LogP contribution in [0.3, 0.4) is 0 Å². The van der Waals surface area contributed by atoms with Gasteiger partial charge in [-0.05, 0) is 25.0 Å². The van der Waals surface area contributed by atoms with Crippen LogP contribution in [-0.4, -0.2) is 70.7 Å². The van der Waals surface area contributed by atoms with E-state index in [1.54, 1.807) is 0 Å². The number of carbonyl (C=O) groups is 1. The molecule has 2 aromatic rings. The summed E-state index contributed by atoms with van der Waals surface area (Å²) in [6.45, 7) is 5.54. The molecular formula is C18H25N5O2. The van der Waals surface area contributed by atoms with Crippen molar-refractivity contribution in [1.82, 2.24) is 24.5 Å². The van der Waals surface area contributed by atoms with Crippen LogP contribution < -0.4 is 5.32 Å². The molecule has 0 saturated carbocycles. The summed E-state index contributed by atoms with van der Waals surface area (Å²) in [5, 5.41) is 3.00. The first-order chi connectivity index (χ1) is 12.3.